The molecule has 0 atom stereocenters. The summed E-state index contributed by atoms with van der Waals surface area (Å²) in [5.74, 6) is 6.20. The predicted octanol–water partition coefficient (Wildman–Crippen LogP) is 1.20. The number of hydrazine groups is 1. The molecule has 4 nitrogen and oxygen atoms in total. The molecule has 0 amide bonds. The SMILES string of the molecule is COc1ccccc1NC(=S)N(C)N. The van der Waals surface area contributed by atoms with Crippen LogP contribution in [0.3, 0.4) is 0 Å². The summed E-state index contributed by atoms with van der Waals surface area (Å²) in [4.78, 5) is 0. The van der Waals surface area contributed by atoms with Gasteiger partial charge in [-0.15, -0.1) is 0 Å². The van der Waals surface area contributed by atoms with Crippen LogP contribution in [0.15, 0.2) is 24.3 Å². The lowest BCUT2D eigenvalue weighted by atomic mass is 10.3. The molecular formula is C9H13N3OS. The fourth-order valence-electron chi connectivity index (χ4n) is 0.951. The monoisotopic (exact) mass is 211 g/mol. The van der Waals surface area contributed by atoms with E-state index in [1.54, 1.807) is 14.2 Å². The van der Waals surface area contributed by atoms with Crippen LogP contribution in [0.5, 0.6) is 5.75 Å². The number of nitrogens with zero attached hydrogens (tertiary/aromatic N) is 1. The highest BCUT2D eigenvalue weighted by atomic mass is 32.1. The first-order valence-corrected chi connectivity index (χ1v) is 4.48. The van der Waals surface area contributed by atoms with Gasteiger partial charge in [0.05, 0.1) is 12.8 Å². The van der Waals surface area contributed by atoms with Gasteiger partial charge in [0.1, 0.15) is 5.75 Å². The smallest absolute Gasteiger partial charge is 0.187 e. The molecule has 0 aliphatic heterocycles. The highest BCUT2D eigenvalue weighted by Gasteiger charge is 2.04. The number of rotatable bonds is 2. The van der Waals surface area contributed by atoms with Crippen LogP contribution in [-0.4, -0.2) is 24.3 Å². The van der Waals surface area contributed by atoms with E-state index in [1.165, 1.54) is 5.01 Å². The van der Waals surface area contributed by atoms with E-state index in [0.717, 1.165) is 11.4 Å². The summed E-state index contributed by atoms with van der Waals surface area (Å²) in [6, 6.07) is 7.50. The fraction of sp³-hybridized carbons (Fsp3) is 0.222. The minimum atomic E-state index is 0.439. The second kappa shape index (κ2) is 4.78. The molecule has 14 heavy (non-hydrogen) atoms. The van der Waals surface area contributed by atoms with Crippen molar-refractivity contribution in [3.63, 3.8) is 0 Å². The first-order chi connectivity index (χ1) is 6.65. The summed E-state index contributed by atoms with van der Waals surface area (Å²) in [5, 5.41) is 4.74. The van der Waals surface area contributed by atoms with Crippen molar-refractivity contribution in [1.29, 1.82) is 0 Å². The van der Waals surface area contributed by atoms with Crippen molar-refractivity contribution in [1.82, 2.24) is 5.01 Å². The predicted molar refractivity (Wildman–Crippen MR) is 61.2 cm³/mol. The van der Waals surface area contributed by atoms with E-state index >= 15 is 0 Å². The molecule has 0 fully saturated rings. The molecule has 3 N–H and O–H groups in total. The number of hydrogen-bond acceptors (Lipinski definition) is 3. The van der Waals surface area contributed by atoms with Gasteiger partial charge in [0.25, 0.3) is 0 Å². The van der Waals surface area contributed by atoms with Crippen molar-refractivity contribution in [3.8, 4) is 5.75 Å². The van der Waals surface area contributed by atoms with E-state index < -0.39 is 0 Å². The van der Waals surface area contributed by atoms with Crippen LogP contribution in [0.1, 0.15) is 0 Å². The lowest BCUT2D eigenvalue weighted by molar-refractivity contribution is 0.416. The fourth-order valence-corrected chi connectivity index (χ4v) is 1.06. The lowest BCUT2D eigenvalue weighted by Gasteiger charge is -2.16. The molecule has 0 saturated heterocycles. The first kappa shape index (κ1) is 10.7. The summed E-state index contributed by atoms with van der Waals surface area (Å²) in [6.45, 7) is 0. The van der Waals surface area contributed by atoms with Crippen LogP contribution in [0.4, 0.5) is 5.69 Å². The molecule has 0 radical (unpaired) electrons. The highest BCUT2D eigenvalue weighted by Crippen LogP contribution is 2.22. The number of ether oxygens (including phenoxy) is 1. The van der Waals surface area contributed by atoms with Crippen LogP contribution in [-0.2, 0) is 0 Å². The molecule has 5 heteroatoms. The van der Waals surface area contributed by atoms with E-state index in [0.29, 0.717) is 5.11 Å². The number of anilines is 1. The third-order valence-corrected chi connectivity index (χ3v) is 2.06. The Morgan fingerprint density at radius 1 is 1.50 bits per heavy atom. The van der Waals surface area contributed by atoms with E-state index in [2.05, 4.69) is 5.32 Å². The molecule has 0 bridgehead atoms. The van der Waals surface area contributed by atoms with Gasteiger partial charge in [-0.1, -0.05) is 12.1 Å². The molecule has 0 aromatic heterocycles. The zero-order chi connectivity index (χ0) is 10.6. The number of benzene rings is 1. The molecular weight excluding hydrogens is 198 g/mol. The third kappa shape index (κ3) is 2.58. The van der Waals surface area contributed by atoms with Gasteiger partial charge in [0.2, 0.25) is 0 Å². The van der Waals surface area contributed by atoms with Crippen molar-refractivity contribution in [2.24, 2.45) is 5.84 Å². The Morgan fingerprint density at radius 2 is 2.14 bits per heavy atom. The maximum absolute atomic E-state index is 5.46. The van der Waals surface area contributed by atoms with Crippen LogP contribution >= 0.6 is 12.2 Å². The summed E-state index contributed by atoms with van der Waals surface area (Å²) in [6.07, 6.45) is 0. The van der Waals surface area contributed by atoms with E-state index in [9.17, 15) is 0 Å². The molecule has 0 unspecified atom stereocenters. The van der Waals surface area contributed by atoms with E-state index in [1.807, 2.05) is 24.3 Å². The topological polar surface area (TPSA) is 50.5 Å². The van der Waals surface area contributed by atoms with Gasteiger partial charge in [0.15, 0.2) is 5.11 Å². The molecule has 0 aliphatic rings. The molecule has 0 spiro atoms. The maximum Gasteiger partial charge on any atom is 0.187 e. The van der Waals surface area contributed by atoms with E-state index in [-0.39, 0.29) is 0 Å². The van der Waals surface area contributed by atoms with Crippen molar-refractivity contribution >= 4 is 23.0 Å². The molecule has 1 aromatic rings. The van der Waals surface area contributed by atoms with Gasteiger partial charge in [0, 0.05) is 7.05 Å². The van der Waals surface area contributed by atoms with E-state index in [4.69, 9.17) is 22.8 Å². The molecule has 1 rings (SSSR count). The average molecular weight is 211 g/mol. The van der Waals surface area contributed by atoms with Gasteiger partial charge >= 0.3 is 0 Å². The Kier molecular flexibility index (Phi) is 3.67. The van der Waals surface area contributed by atoms with Crippen LogP contribution in [0, 0.1) is 0 Å². The maximum atomic E-state index is 5.46. The van der Waals surface area contributed by atoms with Crippen molar-refractivity contribution in [2.75, 3.05) is 19.5 Å². The summed E-state index contributed by atoms with van der Waals surface area (Å²) < 4.78 is 5.14. The number of methoxy groups -OCH3 is 1. The number of nitrogens with two attached hydrogens (primary N) is 1. The average Bonchev–Trinajstić information content (AvgIpc) is 2.18. The Morgan fingerprint density at radius 3 is 2.71 bits per heavy atom. The first-order valence-electron chi connectivity index (χ1n) is 4.07. The van der Waals surface area contributed by atoms with Crippen LogP contribution in [0.25, 0.3) is 0 Å². The van der Waals surface area contributed by atoms with Crippen LogP contribution < -0.4 is 15.9 Å². The normalized spacial score (nSPS) is 9.36. The second-order valence-electron chi connectivity index (χ2n) is 2.74. The standard InChI is InChI=1S/C9H13N3OS/c1-12(10)9(14)11-7-5-3-4-6-8(7)13-2/h3-6H,10H2,1-2H3,(H,11,14). The van der Waals surface area contributed by atoms with Crippen molar-refractivity contribution in [3.05, 3.63) is 24.3 Å². The quantitative estimate of drug-likeness (QED) is 0.437. The largest absolute Gasteiger partial charge is 0.495 e. The minimum absolute atomic E-state index is 0.439. The minimum Gasteiger partial charge on any atom is -0.495 e. The van der Waals surface area contributed by atoms with Gasteiger partial charge in [-0.25, -0.2) is 5.84 Å². The molecule has 1 aromatic carbocycles. The molecule has 0 aliphatic carbocycles. The van der Waals surface area contributed by atoms with Gasteiger partial charge in [-0.05, 0) is 24.4 Å². The second-order valence-corrected chi connectivity index (χ2v) is 3.13. The Bertz CT molecular complexity index is 328. The zero-order valence-corrected chi connectivity index (χ0v) is 8.97. The highest BCUT2D eigenvalue weighted by molar-refractivity contribution is 7.80. The van der Waals surface area contributed by atoms with Crippen molar-refractivity contribution in [2.45, 2.75) is 0 Å². The number of nitrogens with one attached hydrogen (secondary N) is 1. The lowest BCUT2D eigenvalue weighted by Crippen LogP contribution is -2.36. The van der Waals surface area contributed by atoms with Gasteiger partial charge < -0.3 is 10.1 Å². The summed E-state index contributed by atoms with van der Waals surface area (Å²) >= 11 is 5.00. The van der Waals surface area contributed by atoms with Gasteiger partial charge in [-0.3, -0.25) is 5.01 Å². The summed E-state index contributed by atoms with van der Waals surface area (Å²) in [7, 11) is 3.28. The Balaban J connectivity index is 2.80. The summed E-state index contributed by atoms with van der Waals surface area (Å²) in [5.41, 5.74) is 0.803. The molecule has 76 valence electrons. The van der Waals surface area contributed by atoms with Crippen LogP contribution in [0.2, 0.25) is 0 Å². The number of hydrogen-bond donors (Lipinski definition) is 2. The Labute approximate surface area is 88.6 Å². The zero-order valence-electron chi connectivity index (χ0n) is 8.15. The number of thiocarbonyl (C=S) groups is 1. The third-order valence-electron chi connectivity index (χ3n) is 1.67. The molecule has 0 saturated carbocycles. The Hall–Kier alpha value is -1.33. The number of para-hydroxylation sites is 2. The molecule has 0 heterocycles. The van der Waals surface area contributed by atoms with Crippen molar-refractivity contribution < 1.29 is 4.74 Å². The van der Waals surface area contributed by atoms with Gasteiger partial charge in [-0.2, -0.15) is 0 Å².